The van der Waals surface area contributed by atoms with Gasteiger partial charge in [0.05, 0.1) is 23.7 Å². The highest BCUT2D eigenvalue weighted by atomic mass is 16.5. The fourth-order valence-electron chi connectivity index (χ4n) is 4.30. The van der Waals surface area contributed by atoms with Crippen molar-refractivity contribution in [2.45, 2.75) is 19.9 Å². The van der Waals surface area contributed by atoms with Gasteiger partial charge in [0.2, 0.25) is 11.6 Å². The molecule has 2 heterocycles. The van der Waals surface area contributed by atoms with E-state index in [1.54, 1.807) is 24.3 Å². The zero-order chi connectivity index (χ0) is 23.1. The summed E-state index contributed by atoms with van der Waals surface area (Å²) in [7, 11) is 1.36. The number of methoxy groups -OCH3 is 1. The number of nitrogens with zero attached hydrogens (tertiary/aromatic N) is 3. The first-order valence-corrected chi connectivity index (χ1v) is 10.8. The summed E-state index contributed by atoms with van der Waals surface area (Å²) in [4.78, 5) is 31.1. The molecule has 5 aromatic rings. The second-order valence-electron chi connectivity index (χ2n) is 8.16. The summed E-state index contributed by atoms with van der Waals surface area (Å²) in [5.74, 6) is 0.0926. The Morgan fingerprint density at radius 3 is 2.15 bits per heavy atom. The van der Waals surface area contributed by atoms with Crippen molar-refractivity contribution in [2.75, 3.05) is 7.11 Å². The average Bonchev–Trinajstić information content (AvgIpc) is 3.38. The minimum absolute atomic E-state index is 0.0830. The molecule has 0 radical (unpaired) electrons. The number of ether oxygens (including phenoxy) is 1. The molecule has 0 spiro atoms. The van der Waals surface area contributed by atoms with E-state index >= 15 is 0 Å². The number of rotatable bonds is 5. The standard InChI is InChI=1S/C27H23N3O3/c1-17(2)29-21-15-14-20(26(32)33-3)16-22(21)30-24(25(31)19-12-8-5-9-13-19)23(28-27(29)30)18-10-6-4-7-11-18/h4-17H,1-3H3. The maximum absolute atomic E-state index is 13.9. The maximum Gasteiger partial charge on any atom is 0.337 e. The van der Waals surface area contributed by atoms with E-state index in [0.29, 0.717) is 28.3 Å². The van der Waals surface area contributed by atoms with Gasteiger partial charge in [0.15, 0.2) is 0 Å². The Kier molecular flexibility index (Phi) is 5.05. The molecular formula is C27H23N3O3. The van der Waals surface area contributed by atoms with Crippen LogP contribution in [0.1, 0.15) is 46.3 Å². The van der Waals surface area contributed by atoms with E-state index in [2.05, 4.69) is 18.4 Å². The summed E-state index contributed by atoms with van der Waals surface area (Å²) in [5.41, 5.74) is 4.55. The molecule has 164 valence electrons. The maximum atomic E-state index is 13.9. The smallest absolute Gasteiger partial charge is 0.337 e. The number of hydrogen-bond acceptors (Lipinski definition) is 4. The number of imidazole rings is 2. The van der Waals surface area contributed by atoms with E-state index in [0.717, 1.165) is 16.6 Å². The summed E-state index contributed by atoms with van der Waals surface area (Å²) >= 11 is 0. The molecule has 2 aromatic heterocycles. The molecular weight excluding hydrogens is 414 g/mol. The molecule has 0 amide bonds. The van der Waals surface area contributed by atoms with E-state index in [4.69, 9.17) is 9.72 Å². The Labute approximate surface area is 191 Å². The number of benzene rings is 3. The fraction of sp³-hybridized carbons (Fsp3) is 0.148. The molecule has 0 aliphatic heterocycles. The minimum Gasteiger partial charge on any atom is -0.465 e. The number of hydrogen-bond donors (Lipinski definition) is 0. The Morgan fingerprint density at radius 1 is 0.848 bits per heavy atom. The first-order valence-electron chi connectivity index (χ1n) is 10.8. The van der Waals surface area contributed by atoms with Gasteiger partial charge in [-0.1, -0.05) is 60.7 Å². The third kappa shape index (κ3) is 3.31. The van der Waals surface area contributed by atoms with Crippen LogP contribution in [-0.4, -0.2) is 32.8 Å². The van der Waals surface area contributed by atoms with Crippen LogP contribution in [0.3, 0.4) is 0 Å². The summed E-state index contributed by atoms with van der Waals surface area (Å²) in [6.45, 7) is 4.15. The van der Waals surface area contributed by atoms with Crippen LogP contribution in [-0.2, 0) is 4.74 Å². The van der Waals surface area contributed by atoms with E-state index in [1.165, 1.54) is 7.11 Å². The van der Waals surface area contributed by atoms with Gasteiger partial charge in [-0.3, -0.25) is 9.20 Å². The number of carbonyl (C=O) groups is 2. The molecule has 6 heteroatoms. The van der Waals surface area contributed by atoms with E-state index in [-0.39, 0.29) is 11.8 Å². The molecule has 3 aromatic carbocycles. The van der Waals surface area contributed by atoms with Crippen molar-refractivity contribution < 1.29 is 14.3 Å². The summed E-state index contributed by atoms with van der Waals surface area (Å²) in [6.07, 6.45) is 0. The van der Waals surface area contributed by atoms with Gasteiger partial charge in [-0.2, -0.15) is 0 Å². The third-order valence-corrected chi connectivity index (χ3v) is 5.79. The van der Waals surface area contributed by atoms with Gasteiger partial charge in [0.25, 0.3) is 0 Å². The predicted molar refractivity (Wildman–Crippen MR) is 128 cm³/mol. The zero-order valence-corrected chi connectivity index (χ0v) is 18.6. The van der Waals surface area contributed by atoms with Gasteiger partial charge < -0.3 is 9.30 Å². The quantitative estimate of drug-likeness (QED) is 0.267. The lowest BCUT2D eigenvalue weighted by molar-refractivity contribution is 0.0600. The predicted octanol–water partition coefficient (Wildman–Crippen LogP) is 5.55. The normalized spacial score (nSPS) is 11.4. The lowest BCUT2D eigenvalue weighted by atomic mass is 10.0. The molecule has 5 rings (SSSR count). The Morgan fingerprint density at radius 2 is 1.52 bits per heavy atom. The molecule has 0 aliphatic carbocycles. The molecule has 0 N–H and O–H groups in total. The van der Waals surface area contributed by atoms with Crippen LogP contribution in [0, 0.1) is 0 Å². The lowest BCUT2D eigenvalue weighted by Crippen LogP contribution is -2.07. The first kappa shape index (κ1) is 20.7. The van der Waals surface area contributed by atoms with Crippen LogP contribution < -0.4 is 0 Å². The Balaban J connectivity index is 1.92. The first-order chi connectivity index (χ1) is 16.0. The highest BCUT2D eigenvalue weighted by molar-refractivity contribution is 6.13. The van der Waals surface area contributed by atoms with Crippen molar-refractivity contribution in [3.05, 3.63) is 95.7 Å². The number of carbonyl (C=O) groups excluding carboxylic acids is 2. The van der Waals surface area contributed by atoms with Crippen LogP contribution in [0.15, 0.2) is 78.9 Å². The van der Waals surface area contributed by atoms with Crippen LogP contribution in [0.2, 0.25) is 0 Å². The lowest BCUT2D eigenvalue weighted by Gasteiger charge is -2.09. The Bertz CT molecular complexity index is 1500. The molecule has 0 atom stereocenters. The van der Waals surface area contributed by atoms with Gasteiger partial charge in [-0.25, -0.2) is 9.78 Å². The molecule has 0 bridgehead atoms. The van der Waals surface area contributed by atoms with Crippen molar-refractivity contribution in [2.24, 2.45) is 0 Å². The van der Waals surface area contributed by atoms with Gasteiger partial charge in [-0.15, -0.1) is 0 Å². The van der Waals surface area contributed by atoms with Crippen LogP contribution in [0.5, 0.6) is 0 Å². The highest BCUT2D eigenvalue weighted by Gasteiger charge is 2.27. The van der Waals surface area contributed by atoms with Gasteiger partial charge in [-0.05, 0) is 32.0 Å². The van der Waals surface area contributed by atoms with Gasteiger partial charge >= 0.3 is 5.97 Å². The number of fused-ring (bicyclic) bond motifs is 3. The van der Waals surface area contributed by atoms with Crippen LogP contribution in [0.4, 0.5) is 0 Å². The fourth-order valence-corrected chi connectivity index (χ4v) is 4.30. The number of esters is 1. The molecule has 0 unspecified atom stereocenters. The highest BCUT2D eigenvalue weighted by Crippen LogP contribution is 2.33. The zero-order valence-electron chi connectivity index (χ0n) is 18.6. The third-order valence-electron chi connectivity index (χ3n) is 5.79. The second kappa shape index (κ2) is 8.06. The van der Waals surface area contributed by atoms with Gasteiger partial charge in [0.1, 0.15) is 11.4 Å². The molecule has 0 saturated carbocycles. The molecule has 33 heavy (non-hydrogen) atoms. The molecule has 0 fully saturated rings. The minimum atomic E-state index is -0.429. The van der Waals surface area contributed by atoms with Crippen molar-refractivity contribution in [3.8, 4) is 11.3 Å². The average molecular weight is 437 g/mol. The number of ketones is 1. The number of aromatic nitrogens is 3. The topological polar surface area (TPSA) is 65.6 Å². The summed E-state index contributed by atoms with van der Waals surface area (Å²) in [6, 6.07) is 24.4. The van der Waals surface area contributed by atoms with Crippen LogP contribution >= 0.6 is 0 Å². The van der Waals surface area contributed by atoms with Crippen LogP contribution in [0.25, 0.3) is 28.1 Å². The van der Waals surface area contributed by atoms with Crippen molar-refractivity contribution in [1.29, 1.82) is 0 Å². The summed E-state index contributed by atoms with van der Waals surface area (Å²) in [5, 5.41) is 0. The largest absolute Gasteiger partial charge is 0.465 e. The monoisotopic (exact) mass is 437 g/mol. The van der Waals surface area contributed by atoms with Crippen molar-refractivity contribution in [3.63, 3.8) is 0 Å². The Hall–Kier alpha value is -4.19. The SMILES string of the molecule is COC(=O)c1ccc2c(c1)n1c(C(=O)c3ccccc3)c(-c3ccccc3)nc1n2C(C)C. The van der Waals surface area contributed by atoms with E-state index < -0.39 is 5.97 Å². The van der Waals surface area contributed by atoms with Crippen molar-refractivity contribution in [1.82, 2.24) is 14.0 Å². The molecule has 0 saturated heterocycles. The van der Waals surface area contributed by atoms with Crippen molar-refractivity contribution >= 4 is 28.6 Å². The second-order valence-corrected chi connectivity index (χ2v) is 8.16. The van der Waals surface area contributed by atoms with E-state index in [9.17, 15) is 9.59 Å². The molecule has 6 nitrogen and oxygen atoms in total. The van der Waals surface area contributed by atoms with Gasteiger partial charge in [0, 0.05) is 17.2 Å². The van der Waals surface area contributed by atoms with E-state index in [1.807, 2.05) is 59.0 Å². The molecule has 0 aliphatic rings. The summed E-state index contributed by atoms with van der Waals surface area (Å²) < 4.78 is 8.90.